The first-order valence-corrected chi connectivity index (χ1v) is 5.60. The van der Waals surface area contributed by atoms with Gasteiger partial charge in [-0.25, -0.2) is 0 Å². The Balaban J connectivity index is 1.69. The summed E-state index contributed by atoms with van der Waals surface area (Å²) in [5.41, 5.74) is 1.19. The quantitative estimate of drug-likeness (QED) is 0.753. The van der Waals surface area contributed by atoms with Crippen LogP contribution in [0.3, 0.4) is 0 Å². The maximum atomic E-state index is 5.91. The van der Waals surface area contributed by atoms with E-state index in [-0.39, 0.29) is 18.3 Å². The highest BCUT2D eigenvalue weighted by Crippen LogP contribution is 2.31. The smallest absolute Gasteiger partial charge is 0.168 e. The molecular weight excluding hydrogens is 200 g/mol. The van der Waals surface area contributed by atoms with Crippen LogP contribution in [0.1, 0.15) is 11.7 Å². The SMILES string of the molecule is C1=CC(C2OCC(c3ccccc3)O2)C=C1. The summed E-state index contributed by atoms with van der Waals surface area (Å²) in [7, 11) is 0. The summed E-state index contributed by atoms with van der Waals surface area (Å²) >= 11 is 0. The highest BCUT2D eigenvalue weighted by atomic mass is 16.7. The lowest BCUT2D eigenvalue weighted by atomic mass is 10.1. The molecule has 1 aliphatic carbocycles. The zero-order valence-corrected chi connectivity index (χ0v) is 8.95. The fourth-order valence-electron chi connectivity index (χ4n) is 2.10. The van der Waals surface area contributed by atoms with E-state index in [1.54, 1.807) is 0 Å². The van der Waals surface area contributed by atoms with Crippen molar-refractivity contribution >= 4 is 0 Å². The first-order chi connectivity index (χ1) is 7.93. The molecule has 2 heteroatoms. The average Bonchev–Trinajstić information content (AvgIpc) is 3.01. The molecule has 0 aromatic heterocycles. The van der Waals surface area contributed by atoms with E-state index in [1.807, 2.05) is 30.4 Å². The summed E-state index contributed by atoms with van der Waals surface area (Å²) in [6.07, 6.45) is 8.24. The van der Waals surface area contributed by atoms with Crippen molar-refractivity contribution < 1.29 is 9.47 Å². The van der Waals surface area contributed by atoms with Crippen molar-refractivity contribution in [3.63, 3.8) is 0 Å². The fourth-order valence-corrected chi connectivity index (χ4v) is 2.10. The van der Waals surface area contributed by atoms with Gasteiger partial charge in [-0.2, -0.15) is 0 Å². The summed E-state index contributed by atoms with van der Waals surface area (Å²) in [6.45, 7) is 0.646. The Kier molecular flexibility index (Phi) is 2.60. The summed E-state index contributed by atoms with van der Waals surface area (Å²) < 4.78 is 11.6. The Hall–Kier alpha value is -1.38. The minimum Gasteiger partial charge on any atom is -0.349 e. The molecule has 82 valence electrons. The first kappa shape index (κ1) is 9.82. The average molecular weight is 214 g/mol. The third kappa shape index (κ3) is 1.82. The van der Waals surface area contributed by atoms with Crippen molar-refractivity contribution in [3.8, 4) is 0 Å². The largest absolute Gasteiger partial charge is 0.349 e. The molecule has 0 amide bonds. The molecule has 1 saturated heterocycles. The lowest BCUT2D eigenvalue weighted by Crippen LogP contribution is -2.16. The van der Waals surface area contributed by atoms with Gasteiger partial charge >= 0.3 is 0 Å². The number of hydrogen-bond acceptors (Lipinski definition) is 2. The number of hydrogen-bond donors (Lipinski definition) is 0. The van der Waals surface area contributed by atoms with Gasteiger partial charge in [0.15, 0.2) is 6.29 Å². The molecule has 1 heterocycles. The van der Waals surface area contributed by atoms with Crippen molar-refractivity contribution in [1.82, 2.24) is 0 Å². The molecule has 2 atom stereocenters. The Morgan fingerprint density at radius 2 is 1.75 bits per heavy atom. The molecule has 0 radical (unpaired) electrons. The highest BCUT2D eigenvalue weighted by molar-refractivity contribution is 5.21. The summed E-state index contributed by atoms with van der Waals surface area (Å²) in [6, 6.07) is 10.2. The van der Waals surface area contributed by atoms with Gasteiger partial charge < -0.3 is 9.47 Å². The zero-order valence-electron chi connectivity index (χ0n) is 8.95. The van der Waals surface area contributed by atoms with Gasteiger partial charge in [0.05, 0.1) is 6.61 Å². The van der Waals surface area contributed by atoms with Gasteiger partial charge in [0.1, 0.15) is 6.10 Å². The van der Waals surface area contributed by atoms with E-state index in [2.05, 4.69) is 24.3 Å². The van der Waals surface area contributed by atoms with Crippen LogP contribution < -0.4 is 0 Å². The zero-order chi connectivity index (χ0) is 10.8. The molecule has 0 N–H and O–H groups in total. The van der Waals surface area contributed by atoms with Gasteiger partial charge in [-0.1, -0.05) is 54.6 Å². The molecular formula is C14H14O2. The molecule has 2 unspecified atom stereocenters. The van der Waals surface area contributed by atoms with Crippen molar-refractivity contribution in [2.75, 3.05) is 6.61 Å². The van der Waals surface area contributed by atoms with Gasteiger partial charge in [-0.15, -0.1) is 0 Å². The molecule has 2 aliphatic rings. The maximum absolute atomic E-state index is 5.91. The van der Waals surface area contributed by atoms with Gasteiger partial charge in [0.2, 0.25) is 0 Å². The Morgan fingerprint density at radius 1 is 1.00 bits per heavy atom. The van der Waals surface area contributed by atoms with E-state index < -0.39 is 0 Å². The van der Waals surface area contributed by atoms with Crippen LogP contribution in [0.4, 0.5) is 0 Å². The van der Waals surface area contributed by atoms with Crippen LogP contribution in [0.25, 0.3) is 0 Å². The van der Waals surface area contributed by atoms with Gasteiger partial charge in [-0.3, -0.25) is 0 Å². The van der Waals surface area contributed by atoms with E-state index in [0.29, 0.717) is 6.61 Å². The van der Waals surface area contributed by atoms with E-state index in [1.165, 1.54) is 5.56 Å². The fraction of sp³-hybridized carbons (Fsp3) is 0.286. The molecule has 0 bridgehead atoms. The lowest BCUT2D eigenvalue weighted by Gasteiger charge is -2.14. The van der Waals surface area contributed by atoms with Crippen molar-refractivity contribution in [1.29, 1.82) is 0 Å². The predicted octanol–water partition coefficient (Wildman–Crippen LogP) is 2.84. The van der Waals surface area contributed by atoms with Crippen LogP contribution in [0.2, 0.25) is 0 Å². The molecule has 16 heavy (non-hydrogen) atoms. The normalized spacial score (nSPS) is 29.0. The van der Waals surface area contributed by atoms with Gasteiger partial charge in [-0.05, 0) is 5.56 Å². The maximum Gasteiger partial charge on any atom is 0.168 e. The first-order valence-electron chi connectivity index (χ1n) is 5.60. The molecule has 0 saturated carbocycles. The van der Waals surface area contributed by atoms with Crippen LogP contribution in [0.15, 0.2) is 54.6 Å². The number of allylic oxidation sites excluding steroid dienone is 2. The Labute approximate surface area is 95.2 Å². The van der Waals surface area contributed by atoms with E-state index in [0.717, 1.165) is 0 Å². The van der Waals surface area contributed by atoms with E-state index in [4.69, 9.17) is 9.47 Å². The second kappa shape index (κ2) is 4.24. The molecule has 3 rings (SSSR count). The van der Waals surface area contributed by atoms with Crippen LogP contribution in [-0.2, 0) is 9.47 Å². The van der Waals surface area contributed by atoms with E-state index in [9.17, 15) is 0 Å². The summed E-state index contributed by atoms with van der Waals surface area (Å²) in [4.78, 5) is 0. The number of rotatable bonds is 2. The van der Waals surface area contributed by atoms with Gasteiger partial charge in [0, 0.05) is 5.92 Å². The molecule has 0 spiro atoms. The van der Waals surface area contributed by atoms with Crippen LogP contribution in [0, 0.1) is 5.92 Å². The number of benzene rings is 1. The monoisotopic (exact) mass is 214 g/mol. The number of ether oxygens (including phenoxy) is 2. The van der Waals surface area contributed by atoms with E-state index >= 15 is 0 Å². The third-order valence-corrected chi connectivity index (χ3v) is 2.97. The van der Waals surface area contributed by atoms with Crippen molar-refractivity contribution in [2.24, 2.45) is 5.92 Å². The van der Waals surface area contributed by atoms with Gasteiger partial charge in [0.25, 0.3) is 0 Å². The van der Waals surface area contributed by atoms with Crippen LogP contribution in [0.5, 0.6) is 0 Å². The molecule has 1 fully saturated rings. The highest BCUT2D eigenvalue weighted by Gasteiger charge is 2.31. The van der Waals surface area contributed by atoms with Crippen molar-refractivity contribution in [3.05, 3.63) is 60.2 Å². The lowest BCUT2D eigenvalue weighted by molar-refractivity contribution is -0.0736. The van der Waals surface area contributed by atoms with Crippen molar-refractivity contribution in [2.45, 2.75) is 12.4 Å². The van der Waals surface area contributed by atoms with Crippen LogP contribution >= 0.6 is 0 Å². The second-order valence-electron chi connectivity index (χ2n) is 4.08. The molecule has 2 nitrogen and oxygen atoms in total. The Morgan fingerprint density at radius 3 is 2.50 bits per heavy atom. The molecule has 1 aromatic carbocycles. The minimum atomic E-state index is -0.125. The Bertz CT molecular complexity index is 396. The second-order valence-corrected chi connectivity index (χ2v) is 4.08. The summed E-state index contributed by atoms with van der Waals surface area (Å²) in [5.74, 6) is 0.272. The minimum absolute atomic E-state index is 0.0774. The predicted molar refractivity (Wildman–Crippen MR) is 61.8 cm³/mol. The topological polar surface area (TPSA) is 18.5 Å². The van der Waals surface area contributed by atoms with Crippen LogP contribution in [-0.4, -0.2) is 12.9 Å². The standard InChI is InChI=1S/C14H14O2/c1-2-6-11(7-3-1)13-10-15-14(16-13)12-8-4-5-9-12/h1-9,12-14H,10H2. The third-order valence-electron chi connectivity index (χ3n) is 2.97. The molecule has 1 aliphatic heterocycles. The summed E-state index contributed by atoms with van der Waals surface area (Å²) in [5, 5.41) is 0. The molecule has 1 aromatic rings.